The van der Waals surface area contributed by atoms with Gasteiger partial charge in [0.2, 0.25) is 0 Å². The number of carbonyl (C=O) groups is 2. The van der Waals surface area contributed by atoms with Gasteiger partial charge in [0.1, 0.15) is 5.60 Å². The maximum atomic E-state index is 11.5. The normalized spacial score (nSPS) is 16.8. The second kappa shape index (κ2) is 5.12. The first-order valence-corrected chi connectivity index (χ1v) is 5.60. The van der Waals surface area contributed by atoms with Gasteiger partial charge in [0.15, 0.2) is 5.78 Å². The van der Waals surface area contributed by atoms with Crippen LogP contribution in [0.2, 0.25) is 0 Å². The van der Waals surface area contributed by atoms with E-state index in [0.29, 0.717) is 25.0 Å². The Bertz CT molecular complexity index is 378. The van der Waals surface area contributed by atoms with Crippen molar-refractivity contribution in [3.05, 3.63) is 11.3 Å². The number of ether oxygens (including phenoxy) is 1. The van der Waals surface area contributed by atoms with Crippen LogP contribution in [0.15, 0.2) is 11.3 Å². The fourth-order valence-corrected chi connectivity index (χ4v) is 1.59. The van der Waals surface area contributed by atoms with Crippen LogP contribution >= 0.6 is 0 Å². The highest BCUT2D eigenvalue weighted by Crippen LogP contribution is 2.19. The largest absolute Gasteiger partial charge is 0.444 e. The van der Waals surface area contributed by atoms with Crippen LogP contribution in [-0.4, -0.2) is 23.7 Å². The standard InChI is InChI=1S/C12H18N2O3/c1-12(2,3)17-11(16)14-9-5-4-6-10(15)8(9)7-13/h7,13H,4-6H2,1-3H3,(H,14,16). The molecular weight excluding hydrogens is 220 g/mol. The molecule has 0 atom stereocenters. The number of nitrogens with one attached hydrogen (secondary N) is 2. The minimum absolute atomic E-state index is 0.0997. The lowest BCUT2D eigenvalue weighted by Gasteiger charge is -2.22. The Balaban J connectivity index is 2.76. The molecule has 0 bridgehead atoms. The molecule has 2 N–H and O–H groups in total. The summed E-state index contributed by atoms with van der Waals surface area (Å²) in [6.07, 6.45) is 2.14. The van der Waals surface area contributed by atoms with Crippen LogP contribution < -0.4 is 5.32 Å². The minimum Gasteiger partial charge on any atom is -0.444 e. The van der Waals surface area contributed by atoms with Gasteiger partial charge in [-0.15, -0.1) is 0 Å². The first kappa shape index (κ1) is 13.4. The fraction of sp³-hybridized carbons (Fsp3) is 0.583. The average Bonchev–Trinajstić information content (AvgIpc) is 2.14. The Morgan fingerprint density at radius 2 is 2.06 bits per heavy atom. The van der Waals surface area contributed by atoms with Gasteiger partial charge in [0.05, 0.1) is 5.57 Å². The molecule has 0 saturated carbocycles. The predicted molar refractivity (Wildman–Crippen MR) is 64.0 cm³/mol. The summed E-state index contributed by atoms with van der Waals surface area (Å²) < 4.78 is 5.10. The number of alkyl carbamates (subject to hydrolysis) is 1. The van der Waals surface area contributed by atoms with E-state index in [2.05, 4.69) is 5.32 Å². The van der Waals surface area contributed by atoms with Crippen LogP contribution in [-0.2, 0) is 9.53 Å². The van der Waals surface area contributed by atoms with Crippen LogP contribution in [0.5, 0.6) is 0 Å². The van der Waals surface area contributed by atoms with E-state index in [1.807, 2.05) is 0 Å². The summed E-state index contributed by atoms with van der Waals surface area (Å²) in [5.41, 5.74) is 0.196. The van der Waals surface area contributed by atoms with Crippen molar-refractivity contribution in [3.63, 3.8) is 0 Å². The van der Waals surface area contributed by atoms with Gasteiger partial charge in [0, 0.05) is 18.3 Å². The lowest BCUT2D eigenvalue weighted by Crippen LogP contribution is -2.34. The minimum atomic E-state index is -0.582. The molecule has 0 saturated heterocycles. The molecule has 1 aliphatic rings. The highest BCUT2D eigenvalue weighted by molar-refractivity contribution is 6.13. The first-order chi connectivity index (χ1) is 7.83. The molecule has 5 nitrogen and oxygen atoms in total. The van der Waals surface area contributed by atoms with Crippen LogP contribution in [0, 0.1) is 5.41 Å². The number of carbonyl (C=O) groups excluding carboxylic acids is 2. The highest BCUT2D eigenvalue weighted by atomic mass is 16.6. The predicted octanol–water partition coefficient (Wildman–Crippen LogP) is 2.17. The summed E-state index contributed by atoms with van der Waals surface area (Å²) in [5.74, 6) is -0.0997. The Hall–Kier alpha value is -1.65. The maximum absolute atomic E-state index is 11.5. The van der Waals surface area contributed by atoms with Crippen molar-refractivity contribution >= 4 is 18.1 Å². The van der Waals surface area contributed by atoms with Crippen molar-refractivity contribution in [1.29, 1.82) is 5.41 Å². The zero-order chi connectivity index (χ0) is 13.1. The molecule has 94 valence electrons. The van der Waals surface area contributed by atoms with Gasteiger partial charge >= 0.3 is 6.09 Å². The molecule has 0 aromatic carbocycles. The van der Waals surface area contributed by atoms with Crippen molar-refractivity contribution in [2.24, 2.45) is 0 Å². The van der Waals surface area contributed by atoms with Crippen molar-refractivity contribution in [2.75, 3.05) is 0 Å². The number of rotatable bonds is 2. The van der Waals surface area contributed by atoms with E-state index < -0.39 is 11.7 Å². The third-order valence-corrected chi connectivity index (χ3v) is 2.25. The number of amides is 1. The molecule has 0 unspecified atom stereocenters. The van der Waals surface area contributed by atoms with Crippen LogP contribution in [0.4, 0.5) is 4.79 Å². The second-order valence-corrected chi connectivity index (χ2v) is 4.94. The lowest BCUT2D eigenvalue weighted by molar-refractivity contribution is -0.115. The van der Waals surface area contributed by atoms with E-state index in [0.717, 1.165) is 6.21 Å². The molecule has 0 aliphatic heterocycles. The van der Waals surface area contributed by atoms with Gasteiger partial charge in [-0.3, -0.25) is 10.1 Å². The SMILES string of the molecule is CC(C)(C)OC(=O)NC1=C(C=N)C(=O)CCC1. The summed E-state index contributed by atoms with van der Waals surface area (Å²) in [6, 6.07) is 0. The van der Waals surface area contributed by atoms with Gasteiger partial charge in [0.25, 0.3) is 0 Å². The molecule has 0 aromatic heterocycles. The van der Waals surface area contributed by atoms with Crippen molar-refractivity contribution in [2.45, 2.75) is 45.6 Å². The zero-order valence-electron chi connectivity index (χ0n) is 10.4. The number of hydrogen-bond donors (Lipinski definition) is 2. The molecule has 0 heterocycles. The van der Waals surface area contributed by atoms with Gasteiger partial charge in [-0.2, -0.15) is 0 Å². The molecule has 0 aromatic rings. The van der Waals surface area contributed by atoms with Crippen LogP contribution in [0.3, 0.4) is 0 Å². The van der Waals surface area contributed by atoms with Crippen molar-refractivity contribution in [3.8, 4) is 0 Å². The quantitative estimate of drug-likeness (QED) is 0.723. The van der Waals surface area contributed by atoms with E-state index in [9.17, 15) is 9.59 Å². The monoisotopic (exact) mass is 238 g/mol. The van der Waals surface area contributed by atoms with E-state index in [4.69, 9.17) is 10.1 Å². The van der Waals surface area contributed by atoms with Crippen LogP contribution in [0.1, 0.15) is 40.0 Å². The topological polar surface area (TPSA) is 79.2 Å². The van der Waals surface area contributed by atoms with E-state index in [-0.39, 0.29) is 11.4 Å². The molecular formula is C12H18N2O3. The van der Waals surface area contributed by atoms with E-state index in [1.165, 1.54) is 0 Å². The number of allylic oxidation sites excluding steroid dienone is 2. The zero-order valence-corrected chi connectivity index (χ0v) is 10.4. The lowest BCUT2D eigenvalue weighted by atomic mass is 9.96. The van der Waals surface area contributed by atoms with Crippen LogP contribution in [0.25, 0.3) is 0 Å². The first-order valence-electron chi connectivity index (χ1n) is 5.60. The summed E-state index contributed by atoms with van der Waals surface area (Å²) in [4.78, 5) is 23.0. The van der Waals surface area contributed by atoms with E-state index >= 15 is 0 Å². The molecule has 0 fully saturated rings. The molecule has 0 radical (unpaired) electrons. The Kier molecular flexibility index (Phi) is 4.04. The fourth-order valence-electron chi connectivity index (χ4n) is 1.59. The summed E-state index contributed by atoms with van der Waals surface area (Å²) in [5, 5.41) is 9.74. The third-order valence-electron chi connectivity index (χ3n) is 2.25. The third kappa shape index (κ3) is 4.01. The van der Waals surface area contributed by atoms with Gasteiger partial charge in [-0.1, -0.05) is 0 Å². The highest BCUT2D eigenvalue weighted by Gasteiger charge is 2.22. The molecule has 1 rings (SSSR count). The number of hydrogen-bond acceptors (Lipinski definition) is 4. The second-order valence-electron chi connectivity index (χ2n) is 4.94. The van der Waals surface area contributed by atoms with Gasteiger partial charge in [-0.25, -0.2) is 4.79 Å². The summed E-state index contributed by atoms with van der Waals surface area (Å²) in [6.45, 7) is 5.31. The van der Waals surface area contributed by atoms with Crippen molar-refractivity contribution in [1.82, 2.24) is 5.32 Å². The summed E-state index contributed by atoms with van der Waals surface area (Å²) >= 11 is 0. The Morgan fingerprint density at radius 1 is 1.41 bits per heavy atom. The average molecular weight is 238 g/mol. The van der Waals surface area contributed by atoms with Gasteiger partial charge in [-0.05, 0) is 33.6 Å². The maximum Gasteiger partial charge on any atom is 0.411 e. The van der Waals surface area contributed by atoms with E-state index in [1.54, 1.807) is 20.8 Å². The molecule has 1 aliphatic carbocycles. The van der Waals surface area contributed by atoms with Crippen molar-refractivity contribution < 1.29 is 14.3 Å². The summed E-state index contributed by atoms with van der Waals surface area (Å²) in [7, 11) is 0. The Morgan fingerprint density at radius 3 is 2.59 bits per heavy atom. The smallest absolute Gasteiger partial charge is 0.411 e. The molecule has 5 heteroatoms. The molecule has 17 heavy (non-hydrogen) atoms. The molecule has 1 amide bonds. The molecule has 0 spiro atoms. The number of Topliss-reactive ketones (excluding diaryl/α,β-unsaturated/α-hetero) is 1. The Labute approximate surface area is 101 Å². The van der Waals surface area contributed by atoms with Gasteiger partial charge < -0.3 is 10.1 Å². The number of ketones is 1.